The van der Waals surface area contributed by atoms with Crippen LogP contribution in [0, 0.1) is 11.8 Å². The van der Waals surface area contributed by atoms with Gasteiger partial charge in [-0.25, -0.2) is 0 Å². The van der Waals surface area contributed by atoms with E-state index >= 15 is 0 Å². The number of aliphatic hydroxyl groups is 1. The van der Waals surface area contributed by atoms with Crippen LogP contribution in [0.3, 0.4) is 0 Å². The van der Waals surface area contributed by atoms with Crippen molar-refractivity contribution in [3.8, 4) is 5.75 Å². The molecular formula is C34H40B2N2O6+2. The number of quaternary nitrogens is 1. The van der Waals surface area contributed by atoms with Gasteiger partial charge >= 0.3 is 14.2 Å². The maximum Gasteiger partial charge on any atom is 0.488 e. The second-order valence-corrected chi connectivity index (χ2v) is 12.4. The Balaban J connectivity index is 1.42. The number of hydrogen-bond donors (Lipinski definition) is 5. The number of ether oxygens (including phenoxy) is 1. The molecule has 226 valence electrons. The summed E-state index contributed by atoms with van der Waals surface area (Å²) < 4.78 is 8.26. The lowest BCUT2D eigenvalue weighted by Crippen LogP contribution is -2.68. The van der Waals surface area contributed by atoms with Crippen molar-refractivity contribution in [1.82, 2.24) is 0 Å². The second kappa shape index (κ2) is 12.5. The van der Waals surface area contributed by atoms with Gasteiger partial charge in [0.2, 0.25) is 5.52 Å². The highest BCUT2D eigenvalue weighted by Crippen LogP contribution is 2.48. The van der Waals surface area contributed by atoms with Gasteiger partial charge in [-0.3, -0.25) is 0 Å². The lowest BCUT2D eigenvalue weighted by molar-refractivity contribution is -0.984. The molecule has 0 aliphatic carbocycles. The van der Waals surface area contributed by atoms with Crippen LogP contribution in [0.25, 0.3) is 10.9 Å². The number of piperidine rings is 3. The smallest absolute Gasteiger partial charge is 0.488 e. The molecule has 5 N–H and O–H groups in total. The summed E-state index contributed by atoms with van der Waals surface area (Å²) in [5.74, 6) is 1.46. The van der Waals surface area contributed by atoms with E-state index in [4.69, 9.17) is 4.74 Å². The molecule has 2 bridgehead atoms. The highest BCUT2D eigenvalue weighted by atomic mass is 16.5. The molecule has 3 fully saturated rings. The Hall–Kier alpha value is -3.50. The maximum atomic E-state index is 12.3. The Morgan fingerprint density at radius 2 is 1.66 bits per heavy atom. The molecule has 8 nitrogen and oxygen atoms in total. The first-order valence-electron chi connectivity index (χ1n) is 15.3. The van der Waals surface area contributed by atoms with Crippen LogP contribution in [0.15, 0.2) is 91.6 Å². The van der Waals surface area contributed by atoms with E-state index < -0.39 is 20.3 Å². The molecule has 3 aromatic carbocycles. The van der Waals surface area contributed by atoms with Gasteiger partial charge in [-0.15, -0.1) is 6.58 Å². The molecular weight excluding hydrogens is 554 g/mol. The van der Waals surface area contributed by atoms with Crippen LogP contribution in [-0.2, 0) is 13.1 Å². The van der Waals surface area contributed by atoms with E-state index in [1.54, 1.807) is 25.3 Å². The molecule has 4 heterocycles. The van der Waals surface area contributed by atoms with Crippen molar-refractivity contribution in [3.05, 3.63) is 108 Å². The maximum absolute atomic E-state index is 12.3. The zero-order valence-electron chi connectivity index (χ0n) is 25.0. The molecule has 5 atom stereocenters. The predicted octanol–water partition coefficient (Wildman–Crippen LogP) is 1.19. The van der Waals surface area contributed by atoms with Crippen LogP contribution in [0.2, 0.25) is 0 Å². The van der Waals surface area contributed by atoms with Crippen molar-refractivity contribution in [1.29, 1.82) is 0 Å². The van der Waals surface area contributed by atoms with Crippen molar-refractivity contribution >= 4 is 36.1 Å². The van der Waals surface area contributed by atoms with Gasteiger partial charge in [0.1, 0.15) is 24.4 Å². The lowest BCUT2D eigenvalue weighted by atomic mass is 9.70. The Labute approximate surface area is 259 Å². The molecule has 0 spiro atoms. The van der Waals surface area contributed by atoms with Crippen LogP contribution in [0.4, 0.5) is 0 Å². The molecule has 7 rings (SSSR count). The number of methoxy groups -OCH3 is 1. The summed E-state index contributed by atoms with van der Waals surface area (Å²) in [7, 11) is -1.52. The van der Waals surface area contributed by atoms with Crippen LogP contribution < -0.4 is 20.2 Å². The third-order valence-corrected chi connectivity index (χ3v) is 10.1. The minimum absolute atomic E-state index is 0.0970. The third-order valence-electron chi connectivity index (χ3n) is 10.1. The lowest BCUT2D eigenvalue weighted by Gasteiger charge is -2.58. The number of benzene rings is 3. The molecule has 0 amide bonds. The zero-order chi connectivity index (χ0) is 31.0. The quantitative estimate of drug-likeness (QED) is 0.0817. The first-order chi connectivity index (χ1) is 21.2. The molecule has 10 heteroatoms. The fourth-order valence-electron chi connectivity index (χ4n) is 7.83. The fourth-order valence-corrected chi connectivity index (χ4v) is 7.83. The Morgan fingerprint density at radius 1 is 0.977 bits per heavy atom. The number of hydrogen-bond acceptors (Lipinski definition) is 6. The first-order valence-corrected chi connectivity index (χ1v) is 15.3. The standard InChI is InChI=1S/C34H40B2N2O6/c1-3-23-21-38(22-26-9-5-7-11-31(26)36(42)43)17-15-24(23)18-33(38)34(39)29-14-16-37(32-19-27(44-2)12-13-28(29)32)20-25-8-4-6-10-30(25)35(40)41/h3-14,16,19,23-24,33-34,39-43H,1,15,17-18,20-22H2,2H3/q+2. The van der Waals surface area contributed by atoms with E-state index in [1.165, 1.54) is 0 Å². The fraction of sp³-hybridized carbons (Fsp3) is 0.324. The highest BCUT2D eigenvalue weighted by Gasteiger charge is 2.54. The van der Waals surface area contributed by atoms with E-state index in [9.17, 15) is 25.2 Å². The van der Waals surface area contributed by atoms with Crippen molar-refractivity contribution < 1.29 is 39.0 Å². The van der Waals surface area contributed by atoms with Crippen LogP contribution in [0.5, 0.6) is 5.75 Å². The number of nitrogens with zero attached hydrogens (tertiary/aromatic N) is 2. The van der Waals surface area contributed by atoms with Gasteiger partial charge in [-0.2, -0.15) is 4.57 Å². The van der Waals surface area contributed by atoms with Crippen LogP contribution in [-0.4, -0.2) is 70.2 Å². The Morgan fingerprint density at radius 3 is 2.34 bits per heavy atom. The summed E-state index contributed by atoms with van der Waals surface area (Å²) in [5.41, 5.74) is 4.31. The van der Waals surface area contributed by atoms with Crippen molar-refractivity contribution in [2.24, 2.45) is 11.8 Å². The number of pyridine rings is 1. The zero-order valence-corrected chi connectivity index (χ0v) is 25.0. The van der Waals surface area contributed by atoms with Gasteiger partial charge in [0.15, 0.2) is 12.7 Å². The summed E-state index contributed by atoms with van der Waals surface area (Å²) in [4.78, 5) is 0. The minimum Gasteiger partial charge on any atom is -0.497 e. The molecule has 44 heavy (non-hydrogen) atoms. The molecule has 4 aromatic rings. The van der Waals surface area contributed by atoms with Crippen molar-refractivity contribution in [2.75, 3.05) is 20.2 Å². The van der Waals surface area contributed by atoms with E-state index in [-0.39, 0.29) is 6.04 Å². The highest BCUT2D eigenvalue weighted by molar-refractivity contribution is 6.59. The predicted molar refractivity (Wildman–Crippen MR) is 171 cm³/mol. The number of rotatable bonds is 10. The molecule has 3 aliphatic heterocycles. The second-order valence-electron chi connectivity index (χ2n) is 12.4. The van der Waals surface area contributed by atoms with E-state index in [0.717, 1.165) is 53.5 Å². The number of aliphatic hydroxyl groups excluding tert-OH is 1. The van der Waals surface area contributed by atoms with E-state index in [0.29, 0.717) is 46.1 Å². The van der Waals surface area contributed by atoms with Gasteiger partial charge in [-0.05, 0) is 29.0 Å². The largest absolute Gasteiger partial charge is 0.497 e. The first kappa shape index (κ1) is 30.5. The Kier molecular flexibility index (Phi) is 8.66. The minimum atomic E-state index is -1.58. The average Bonchev–Trinajstić information content (AvgIpc) is 3.04. The summed E-state index contributed by atoms with van der Waals surface area (Å²) in [6.45, 7) is 6.86. The summed E-state index contributed by atoms with van der Waals surface area (Å²) in [6, 6.07) is 22.4. The molecule has 0 saturated carbocycles. The van der Waals surface area contributed by atoms with Crippen molar-refractivity contribution in [2.45, 2.75) is 38.1 Å². The molecule has 1 aromatic heterocycles. The van der Waals surface area contributed by atoms with Gasteiger partial charge in [0.05, 0.1) is 31.7 Å². The van der Waals surface area contributed by atoms with Gasteiger partial charge < -0.3 is 34.4 Å². The number of aromatic nitrogens is 1. The monoisotopic (exact) mass is 594 g/mol. The SMILES string of the molecule is C=CC1C[N+]2(Cc3ccccc3B(O)O)CCC1CC2C(O)c1cc[n+](Cc2ccccc2B(O)O)c2cc(OC)ccc12. The summed E-state index contributed by atoms with van der Waals surface area (Å²) >= 11 is 0. The van der Waals surface area contributed by atoms with Gasteiger partial charge in [-0.1, -0.05) is 54.6 Å². The Bertz CT molecular complexity index is 1670. The molecule has 0 radical (unpaired) electrons. The number of fused-ring (bicyclic) bond motifs is 4. The average molecular weight is 594 g/mol. The summed E-state index contributed by atoms with van der Waals surface area (Å²) in [6.07, 6.45) is 5.11. The van der Waals surface area contributed by atoms with Crippen molar-refractivity contribution in [3.63, 3.8) is 0 Å². The third kappa shape index (κ3) is 5.58. The van der Waals surface area contributed by atoms with E-state index in [1.807, 2.05) is 65.4 Å². The topological polar surface area (TPSA) is 114 Å². The summed E-state index contributed by atoms with van der Waals surface area (Å²) in [5, 5.41) is 53.4. The van der Waals surface area contributed by atoms with Crippen LogP contribution >= 0.6 is 0 Å². The molecule has 3 saturated heterocycles. The van der Waals surface area contributed by atoms with Crippen LogP contribution in [0.1, 0.15) is 35.6 Å². The molecule has 5 unspecified atom stereocenters. The van der Waals surface area contributed by atoms with Gasteiger partial charge in [0.25, 0.3) is 0 Å². The normalized spacial score (nSPS) is 23.4. The molecule has 3 aliphatic rings. The van der Waals surface area contributed by atoms with Gasteiger partial charge in [0, 0.05) is 41.5 Å². The van der Waals surface area contributed by atoms with E-state index in [2.05, 4.69) is 12.7 Å².